The van der Waals surface area contributed by atoms with Gasteiger partial charge >= 0.3 is 0 Å². The lowest BCUT2D eigenvalue weighted by Crippen LogP contribution is -2.55. The number of morpholine rings is 1. The van der Waals surface area contributed by atoms with E-state index in [2.05, 4.69) is 47.0 Å². The Kier molecular flexibility index (Phi) is 6.79. The van der Waals surface area contributed by atoms with Crippen LogP contribution >= 0.6 is 12.4 Å². The fourth-order valence-electron chi connectivity index (χ4n) is 2.77. The van der Waals surface area contributed by atoms with E-state index in [9.17, 15) is 4.79 Å². The summed E-state index contributed by atoms with van der Waals surface area (Å²) in [6, 6.07) is 18.3. The molecule has 0 aliphatic carbocycles. The fourth-order valence-corrected chi connectivity index (χ4v) is 2.77. The van der Waals surface area contributed by atoms with Crippen molar-refractivity contribution in [3.63, 3.8) is 0 Å². The highest BCUT2D eigenvalue weighted by Gasteiger charge is 2.27. The maximum absolute atomic E-state index is 12.2. The van der Waals surface area contributed by atoms with Crippen LogP contribution in [0.3, 0.4) is 0 Å². The summed E-state index contributed by atoms with van der Waals surface area (Å²) in [6.07, 6.45) is -0.0933. The Hall–Kier alpha value is -1.88. The number of hydrogen-bond acceptors (Lipinski definition) is 3. The highest BCUT2D eigenvalue weighted by atomic mass is 35.5. The third-order valence-corrected chi connectivity index (χ3v) is 4.13. The van der Waals surface area contributed by atoms with Gasteiger partial charge in [0.05, 0.1) is 12.7 Å². The quantitative estimate of drug-likeness (QED) is 0.895. The lowest BCUT2D eigenvalue weighted by molar-refractivity contribution is -0.129. The van der Waals surface area contributed by atoms with Gasteiger partial charge in [-0.15, -0.1) is 12.4 Å². The van der Waals surface area contributed by atoms with E-state index in [4.69, 9.17) is 4.74 Å². The van der Waals surface area contributed by atoms with Gasteiger partial charge in [0.25, 0.3) is 0 Å². The van der Waals surface area contributed by atoms with Gasteiger partial charge in [0, 0.05) is 13.1 Å². The van der Waals surface area contributed by atoms with E-state index in [1.54, 1.807) is 0 Å². The van der Waals surface area contributed by atoms with Crippen LogP contribution in [0.5, 0.6) is 0 Å². The molecule has 128 valence electrons. The highest BCUT2D eigenvalue weighted by Crippen LogP contribution is 2.19. The largest absolute Gasteiger partial charge is 0.375 e. The number of halogens is 1. The van der Waals surface area contributed by atoms with Crippen molar-refractivity contribution in [1.29, 1.82) is 0 Å². The number of rotatable bonds is 4. The average Bonchev–Trinajstić information content (AvgIpc) is 2.61. The lowest BCUT2D eigenvalue weighted by Gasteiger charge is -2.29. The number of benzene rings is 2. The second kappa shape index (κ2) is 8.83. The van der Waals surface area contributed by atoms with Gasteiger partial charge in [0.1, 0.15) is 6.04 Å². The molecule has 1 aliphatic heterocycles. The standard InChI is InChI=1S/C19H22N2O2.ClH/c1-14-18(20-11-12-23-14)19(22)21-13-15-7-9-17(10-8-15)16-5-3-2-4-6-16;/h2-10,14,18,20H,11-13H2,1H3,(H,21,22);1H/t14-,18+;/m1./s1. The average molecular weight is 347 g/mol. The van der Waals surface area contributed by atoms with E-state index >= 15 is 0 Å². The first kappa shape index (κ1) is 18.5. The van der Waals surface area contributed by atoms with Crippen molar-refractivity contribution in [1.82, 2.24) is 10.6 Å². The van der Waals surface area contributed by atoms with Crippen molar-refractivity contribution < 1.29 is 9.53 Å². The smallest absolute Gasteiger partial charge is 0.240 e. The van der Waals surface area contributed by atoms with Gasteiger partial charge in [-0.25, -0.2) is 0 Å². The monoisotopic (exact) mass is 346 g/mol. The molecule has 0 aromatic heterocycles. The number of ether oxygens (including phenoxy) is 1. The van der Waals surface area contributed by atoms with E-state index in [0.29, 0.717) is 19.7 Å². The SMILES string of the molecule is C[C@H]1OCCN[C@@H]1C(=O)NCc1ccc(-c2ccccc2)cc1.Cl. The van der Waals surface area contributed by atoms with Gasteiger partial charge in [0.2, 0.25) is 5.91 Å². The molecule has 5 heteroatoms. The molecule has 0 saturated carbocycles. The van der Waals surface area contributed by atoms with Gasteiger partial charge in [-0.3, -0.25) is 4.79 Å². The van der Waals surface area contributed by atoms with Gasteiger partial charge in [-0.1, -0.05) is 54.6 Å². The molecule has 0 radical (unpaired) electrons. The maximum Gasteiger partial charge on any atom is 0.240 e. The second-order valence-electron chi connectivity index (χ2n) is 5.79. The van der Waals surface area contributed by atoms with Crippen LogP contribution in [0.4, 0.5) is 0 Å². The predicted molar refractivity (Wildman–Crippen MR) is 98.2 cm³/mol. The van der Waals surface area contributed by atoms with E-state index in [0.717, 1.165) is 5.56 Å². The van der Waals surface area contributed by atoms with Crippen molar-refractivity contribution in [2.45, 2.75) is 25.6 Å². The van der Waals surface area contributed by atoms with Crippen molar-refractivity contribution in [2.24, 2.45) is 0 Å². The lowest BCUT2D eigenvalue weighted by atomic mass is 10.0. The zero-order valence-corrected chi connectivity index (χ0v) is 14.5. The van der Waals surface area contributed by atoms with Crippen LogP contribution in [-0.2, 0) is 16.1 Å². The van der Waals surface area contributed by atoms with Crippen molar-refractivity contribution in [3.05, 3.63) is 60.2 Å². The fraction of sp³-hybridized carbons (Fsp3) is 0.316. The number of amides is 1. The number of nitrogens with one attached hydrogen (secondary N) is 2. The molecule has 2 aromatic carbocycles. The summed E-state index contributed by atoms with van der Waals surface area (Å²) in [5.74, 6) is -0.00987. The normalized spacial score (nSPS) is 20.0. The Bertz CT molecular complexity index is 646. The third kappa shape index (κ3) is 4.57. The summed E-state index contributed by atoms with van der Waals surface area (Å²) in [5, 5.41) is 6.18. The van der Waals surface area contributed by atoms with Crippen LogP contribution in [0.25, 0.3) is 11.1 Å². The first-order valence-electron chi connectivity index (χ1n) is 8.01. The Morgan fingerprint density at radius 3 is 2.46 bits per heavy atom. The summed E-state index contributed by atoms with van der Waals surface area (Å²) in [6.45, 7) is 3.82. The number of carbonyl (C=O) groups is 1. The van der Waals surface area contributed by atoms with Crippen LogP contribution < -0.4 is 10.6 Å². The Labute approximate surface area is 149 Å². The number of carbonyl (C=O) groups excluding carboxylic acids is 1. The molecule has 1 fully saturated rings. The summed E-state index contributed by atoms with van der Waals surface area (Å²) >= 11 is 0. The summed E-state index contributed by atoms with van der Waals surface area (Å²) < 4.78 is 5.50. The molecule has 1 aliphatic rings. The van der Waals surface area contributed by atoms with Gasteiger partial charge in [-0.2, -0.15) is 0 Å². The predicted octanol–water partition coefficient (Wildman–Crippen LogP) is 2.77. The molecule has 2 atom stereocenters. The Balaban J connectivity index is 0.00000208. The first-order valence-corrected chi connectivity index (χ1v) is 8.01. The molecule has 0 spiro atoms. The van der Waals surface area contributed by atoms with Crippen LogP contribution in [0.2, 0.25) is 0 Å². The van der Waals surface area contributed by atoms with Crippen LogP contribution in [-0.4, -0.2) is 31.2 Å². The zero-order chi connectivity index (χ0) is 16.1. The molecular weight excluding hydrogens is 324 g/mol. The molecule has 2 aromatic rings. The molecular formula is C19H23ClN2O2. The molecule has 1 amide bonds. The summed E-state index contributed by atoms with van der Waals surface area (Å²) in [5.41, 5.74) is 3.46. The minimum Gasteiger partial charge on any atom is -0.375 e. The van der Waals surface area contributed by atoms with E-state index < -0.39 is 0 Å². The minimum atomic E-state index is -0.271. The molecule has 1 saturated heterocycles. The molecule has 24 heavy (non-hydrogen) atoms. The minimum absolute atomic E-state index is 0. The molecule has 3 rings (SSSR count). The summed E-state index contributed by atoms with van der Waals surface area (Å²) in [4.78, 5) is 12.2. The van der Waals surface area contributed by atoms with Gasteiger partial charge in [-0.05, 0) is 23.6 Å². The summed E-state index contributed by atoms with van der Waals surface area (Å²) in [7, 11) is 0. The maximum atomic E-state index is 12.2. The molecule has 1 heterocycles. The molecule has 0 bridgehead atoms. The van der Waals surface area contributed by atoms with E-state index in [-0.39, 0.29) is 30.5 Å². The first-order chi connectivity index (χ1) is 11.2. The Morgan fingerprint density at radius 1 is 1.12 bits per heavy atom. The third-order valence-electron chi connectivity index (χ3n) is 4.13. The van der Waals surface area contributed by atoms with Crippen molar-refractivity contribution in [3.8, 4) is 11.1 Å². The van der Waals surface area contributed by atoms with E-state index in [1.165, 1.54) is 11.1 Å². The van der Waals surface area contributed by atoms with Gasteiger partial charge in [0.15, 0.2) is 0 Å². The van der Waals surface area contributed by atoms with E-state index in [1.807, 2.05) is 25.1 Å². The van der Waals surface area contributed by atoms with Crippen LogP contribution in [0.15, 0.2) is 54.6 Å². The molecule has 2 N–H and O–H groups in total. The van der Waals surface area contributed by atoms with Crippen LogP contribution in [0, 0.1) is 0 Å². The number of hydrogen-bond donors (Lipinski definition) is 2. The zero-order valence-electron chi connectivity index (χ0n) is 13.7. The topological polar surface area (TPSA) is 50.4 Å². The second-order valence-corrected chi connectivity index (χ2v) is 5.79. The highest BCUT2D eigenvalue weighted by molar-refractivity contribution is 5.85. The molecule has 4 nitrogen and oxygen atoms in total. The van der Waals surface area contributed by atoms with Crippen molar-refractivity contribution >= 4 is 18.3 Å². The Morgan fingerprint density at radius 2 is 1.79 bits per heavy atom. The van der Waals surface area contributed by atoms with Crippen LogP contribution in [0.1, 0.15) is 12.5 Å². The van der Waals surface area contributed by atoms with Crippen molar-refractivity contribution in [2.75, 3.05) is 13.2 Å². The van der Waals surface area contributed by atoms with Gasteiger partial charge < -0.3 is 15.4 Å². The molecule has 0 unspecified atom stereocenters.